The number of aryl methyl sites for hydroxylation is 1. The van der Waals surface area contributed by atoms with E-state index in [1.54, 1.807) is 12.4 Å². The monoisotopic (exact) mass is 357 g/mol. The van der Waals surface area contributed by atoms with Crippen LogP contribution in [0.3, 0.4) is 0 Å². The minimum absolute atomic E-state index is 0.00864. The lowest BCUT2D eigenvalue weighted by Crippen LogP contribution is -2.00. The van der Waals surface area contributed by atoms with Crippen molar-refractivity contribution >= 4 is 28.5 Å². The second-order valence-electron chi connectivity index (χ2n) is 6.03. The van der Waals surface area contributed by atoms with Crippen LogP contribution in [0.1, 0.15) is 24.0 Å². The topological polar surface area (TPSA) is 92.0 Å². The Labute approximate surface area is 150 Å². The first kappa shape index (κ1) is 17.5. The van der Waals surface area contributed by atoms with Crippen LogP contribution in [0, 0.1) is 0 Å². The summed E-state index contributed by atoms with van der Waals surface area (Å²) < 4.78 is 0. The summed E-state index contributed by atoms with van der Waals surface area (Å²) in [6.07, 6.45) is 6.10. The number of aliphatic carboxylic acids is 1. The molecule has 2 heterocycles. The van der Waals surface area contributed by atoms with E-state index in [9.17, 15) is 4.79 Å². The van der Waals surface area contributed by atoms with Gasteiger partial charge in [-0.25, -0.2) is 0 Å². The fraction of sp³-hybridized carbons (Fsp3) is 0.263. The van der Waals surface area contributed by atoms with Crippen LogP contribution < -0.4 is 5.73 Å². The molecule has 0 spiro atoms. The van der Waals surface area contributed by atoms with Crippen molar-refractivity contribution in [2.45, 2.75) is 25.7 Å². The van der Waals surface area contributed by atoms with Crippen molar-refractivity contribution in [3.63, 3.8) is 0 Å². The molecule has 0 aliphatic heterocycles. The molecule has 6 heteroatoms. The summed E-state index contributed by atoms with van der Waals surface area (Å²) in [5.41, 5.74) is 10.4. The molecular formula is C19H20ClN3O2. The molecule has 0 aliphatic carbocycles. The summed E-state index contributed by atoms with van der Waals surface area (Å²) in [6, 6.07) is 7.61. The highest BCUT2D eigenvalue weighted by atomic mass is 35.5. The van der Waals surface area contributed by atoms with E-state index in [0.29, 0.717) is 11.6 Å². The molecule has 0 amide bonds. The molecule has 5 nitrogen and oxygen atoms in total. The van der Waals surface area contributed by atoms with E-state index in [1.165, 1.54) is 0 Å². The summed E-state index contributed by atoms with van der Waals surface area (Å²) in [5.74, 6) is -0.836. The van der Waals surface area contributed by atoms with Crippen LogP contribution in [0.25, 0.3) is 22.2 Å². The van der Waals surface area contributed by atoms with Crippen LogP contribution in [0.2, 0.25) is 5.02 Å². The van der Waals surface area contributed by atoms with Gasteiger partial charge in [0, 0.05) is 28.9 Å². The normalized spacial score (nSPS) is 11.1. The van der Waals surface area contributed by atoms with Crippen molar-refractivity contribution in [1.29, 1.82) is 0 Å². The Balaban J connectivity index is 2.13. The van der Waals surface area contributed by atoms with Gasteiger partial charge in [0.25, 0.3) is 0 Å². The van der Waals surface area contributed by atoms with Gasteiger partial charge in [0.05, 0.1) is 17.1 Å². The fourth-order valence-electron chi connectivity index (χ4n) is 3.09. The molecule has 0 atom stereocenters. The molecule has 2 aromatic heterocycles. The van der Waals surface area contributed by atoms with Gasteiger partial charge in [0.1, 0.15) is 0 Å². The standard InChI is InChI=1S/C19H20ClN3O2/c20-16-11-22-8-6-14(16)19-13(3-1-2-7-21)15-9-12(10-18(24)25)4-5-17(15)23-19/h4-6,8-9,11,23H,1-3,7,10,21H2,(H,24,25). The van der Waals surface area contributed by atoms with Gasteiger partial charge in [-0.05, 0) is 55.1 Å². The van der Waals surface area contributed by atoms with E-state index < -0.39 is 5.97 Å². The number of nitrogens with zero attached hydrogens (tertiary/aromatic N) is 1. The largest absolute Gasteiger partial charge is 0.481 e. The number of benzene rings is 1. The molecule has 0 radical (unpaired) electrons. The molecular weight excluding hydrogens is 338 g/mol. The fourth-order valence-corrected chi connectivity index (χ4v) is 3.31. The SMILES string of the molecule is NCCCCc1c(-c2ccncc2Cl)[nH]c2ccc(CC(=O)O)cc12. The van der Waals surface area contributed by atoms with Crippen molar-refractivity contribution in [1.82, 2.24) is 9.97 Å². The first-order valence-electron chi connectivity index (χ1n) is 8.25. The highest BCUT2D eigenvalue weighted by molar-refractivity contribution is 6.33. The molecule has 4 N–H and O–H groups in total. The zero-order valence-electron chi connectivity index (χ0n) is 13.8. The third-order valence-electron chi connectivity index (χ3n) is 4.25. The zero-order chi connectivity index (χ0) is 17.8. The number of fused-ring (bicyclic) bond motifs is 1. The number of carbonyl (C=O) groups is 1. The molecule has 0 saturated carbocycles. The molecule has 130 valence electrons. The Morgan fingerprint density at radius 3 is 2.84 bits per heavy atom. The first-order valence-corrected chi connectivity index (χ1v) is 8.63. The minimum atomic E-state index is -0.836. The van der Waals surface area contributed by atoms with Gasteiger partial charge in [0.2, 0.25) is 0 Å². The quantitative estimate of drug-likeness (QED) is 0.561. The van der Waals surface area contributed by atoms with Crippen molar-refractivity contribution in [3.05, 3.63) is 52.8 Å². The lowest BCUT2D eigenvalue weighted by atomic mass is 9.99. The van der Waals surface area contributed by atoms with Gasteiger partial charge >= 0.3 is 5.97 Å². The highest BCUT2D eigenvalue weighted by Crippen LogP contribution is 2.35. The number of hydrogen-bond acceptors (Lipinski definition) is 3. The van der Waals surface area contributed by atoms with Crippen molar-refractivity contribution in [3.8, 4) is 11.3 Å². The highest BCUT2D eigenvalue weighted by Gasteiger charge is 2.16. The number of carboxylic acids is 1. The van der Waals surface area contributed by atoms with Crippen LogP contribution in [0.15, 0.2) is 36.7 Å². The van der Waals surface area contributed by atoms with Gasteiger partial charge in [-0.15, -0.1) is 0 Å². The van der Waals surface area contributed by atoms with Crippen LogP contribution in [0.4, 0.5) is 0 Å². The second-order valence-corrected chi connectivity index (χ2v) is 6.44. The summed E-state index contributed by atoms with van der Waals surface area (Å²) in [4.78, 5) is 18.5. The van der Waals surface area contributed by atoms with Gasteiger partial charge in [-0.3, -0.25) is 9.78 Å². The molecule has 0 bridgehead atoms. The smallest absolute Gasteiger partial charge is 0.307 e. The molecule has 0 unspecified atom stereocenters. The minimum Gasteiger partial charge on any atom is -0.481 e. The molecule has 3 aromatic rings. The Kier molecular flexibility index (Phi) is 5.36. The van der Waals surface area contributed by atoms with E-state index in [1.807, 2.05) is 24.3 Å². The summed E-state index contributed by atoms with van der Waals surface area (Å²) >= 11 is 6.34. The van der Waals surface area contributed by atoms with Crippen LogP contribution in [0.5, 0.6) is 0 Å². The zero-order valence-corrected chi connectivity index (χ0v) is 14.5. The summed E-state index contributed by atoms with van der Waals surface area (Å²) in [6.45, 7) is 0.651. The van der Waals surface area contributed by atoms with Gasteiger partial charge in [-0.2, -0.15) is 0 Å². The summed E-state index contributed by atoms with van der Waals surface area (Å²) in [7, 11) is 0. The molecule has 25 heavy (non-hydrogen) atoms. The number of aromatic nitrogens is 2. The first-order chi connectivity index (χ1) is 12.1. The molecule has 0 aliphatic rings. The third kappa shape index (κ3) is 3.83. The Hall–Kier alpha value is -2.37. The number of halogens is 1. The average molecular weight is 358 g/mol. The van der Waals surface area contributed by atoms with Crippen molar-refractivity contribution in [2.75, 3.05) is 6.54 Å². The van der Waals surface area contributed by atoms with E-state index in [4.69, 9.17) is 22.4 Å². The Bertz CT molecular complexity index is 905. The predicted molar refractivity (Wildman–Crippen MR) is 99.9 cm³/mol. The molecule has 0 saturated heterocycles. The van der Waals surface area contributed by atoms with Crippen LogP contribution in [-0.4, -0.2) is 27.6 Å². The summed E-state index contributed by atoms with van der Waals surface area (Å²) in [5, 5.41) is 10.7. The van der Waals surface area contributed by atoms with E-state index in [-0.39, 0.29) is 6.42 Å². The number of H-pyrrole nitrogens is 1. The Morgan fingerprint density at radius 1 is 1.28 bits per heavy atom. The molecule has 1 aromatic carbocycles. The Morgan fingerprint density at radius 2 is 2.12 bits per heavy atom. The number of nitrogens with two attached hydrogens (primary N) is 1. The average Bonchev–Trinajstić information content (AvgIpc) is 2.93. The molecule has 3 rings (SSSR count). The predicted octanol–water partition coefficient (Wildman–Crippen LogP) is 3.79. The van der Waals surface area contributed by atoms with Crippen molar-refractivity contribution < 1.29 is 9.90 Å². The van der Waals surface area contributed by atoms with Gasteiger partial charge < -0.3 is 15.8 Å². The number of hydrogen-bond donors (Lipinski definition) is 3. The lowest BCUT2D eigenvalue weighted by molar-refractivity contribution is -0.136. The van der Waals surface area contributed by atoms with Gasteiger partial charge in [0.15, 0.2) is 0 Å². The van der Waals surface area contributed by atoms with E-state index in [2.05, 4.69) is 9.97 Å². The lowest BCUT2D eigenvalue weighted by Gasteiger charge is -2.07. The third-order valence-corrected chi connectivity index (χ3v) is 4.55. The van der Waals surface area contributed by atoms with E-state index >= 15 is 0 Å². The maximum Gasteiger partial charge on any atom is 0.307 e. The number of rotatable bonds is 7. The van der Waals surface area contributed by atoms with Crippen molar-refractivity contribution in [2.24, 2.45) is 5.73 Å². The van der Waals surface area contributed by atoms with E-state index in [0.717, 1.165) is 52.5 Å². The number of nitrogens with one attached hydrogen (secondary N) is 1. The number of unbranched alkanes of at least 4 members (excludes halogenated alkanes) is 1. The number of aromatic amines is 1. The van der Waals surface area contributed by atoms with Gasteiger partial charge in [-0.1, -0.05) is 17.7 Å². The number of carboxylic acid groups (broad SMARTS) is 1. The maximum atomic E-state index is 11.0. The van der Waals surface area contributed by atoms with Crippen LogP contribution >= 0.6 is 11.6 Å². The number of pyridine rings is 1. The molecule has 0 fully saturated rings. The maximum absolute atomic E-state index is 11.0. The second kappa shape index (κ2) is 7.68. The van der Waals surface area contributed by atoms with Crippen LogP contribution in [-0.2, 0) is 17.6 Å².